The van der Waals surface area contributed by atoms with Gasteiger partial charge in [-0.2, -0.15) is 0 Å². The number of unbranched alkanes of at least 4 members (excludes halogenated alkanes) is 4. The molecule has 1 atom stereocenters. The van der Waals surface area contributed by atoms with Gasteiger partial charge in [0.15, 0.2) is 0 Å². The maximum Gasteiger partial charge on any atom is 0.0671 e. The van der Waals surface area contributed by atoms with Crippen molar-refractivity contribution in [3.8, 4) is 0 Å². The number of hydrogen-bond donors (Lipinski definition) is 1. The second kappa shape index (κ2) is 12.4. The van der Waals surface area contributed by atoms with Crippen molar-refractivity contribution in [2.75, 3.05) is 19.7 Å². The molecule has 0 spiro atoms. The van der Waals surface area contributed by atoms with Crippen LogP contribution < -0.4 is 5.32 Å². The zero-order valence-corrected chi connectivity index (χ0v) is 12.4. The summed E-state index contributed by atoms with van der Waals surface area (Å²) >= 11 is 0. The average Bonchev–Trinajstić information content (AvgIpc) is 2.29. The maximum atomic E-state index is 5.77. The molecule has 0 fully saturated rings. The summed E-state index contributed by atoms with van der Waals surface area (Å²) in [5.74, 6) is 0.789. The SMILES string of the molecule is CCCCCCCOC(C)CNCCC(C)C. The van der Waals surface area contributed by atoms with Gasteiger partial charge in [-0.15, -0.1) is 0 Å². The number of hydrogen-bond acceptors (Lipinski definition) is 2. The van der Waals surface area contributed by atoms with E-state index >= 15 is 0 Å². The third-order valence-electron chi connectivity index (χ3n) is 2.98. The molecule has 1 unspecified atom stereocenters. The van der Waals surface area contributed by atoms with Crippen LogP contribution in [0.3, 0.4) is 0 Å². The number of rotatable bonds is 12. The van der Waals surface area contributed by atoms with Crippen molar-refractivity contribution >= 4 is 0 Å². The lowest BCUT2D eigenvalue weighted by Gasteiger charge is -2.14. The normalized spacial score (nSPS) is 13.2. The minimum atomic E-state index is 0.355. The van der Waals surface area contributed by atoms with Crippen molar-refractivity contribution in [1.82, 2.24) is 5.32 Å². The smallest absolute Gasteiger partial charge is 0.0671 e. The zero-order chi connectivity index (χ0) is 12.9. The van der Waals surface area contributed by atoms with Gasteiger partial charge >= 0.3 is 0 Å². The van der Waals surface area contributed by atoms with Crippen LogP contribution in [0.15, 0.2) is 0 Å². The predicted molar refractivity (Wildman–Crippen MR) is 76.5 cm³/mol. The molecule has 0 radical (unpaired) electrons. The molecule has 0 aliphatic heterocycles. The largest absolute Gasteiger partial charge is 0.377 e. The Morgan fingerprint density at radius 3 is 2.35 bits per heavy atom. The van der Waals surface area contributed by atoms with E-state index in [0.717, 1.165) is 25.6 Å². The summed E-state index contributed by atoms with van der Waals surface area (Å²) in [5.41, 5.74) is 0. The molecule has 0 bridgehead atoms. The third-order valence-corrected chi connectivity index (χ3v) is 2.98. The highest BCUT2D eigenvalue weighted by Gasteiger charge is 2.01. The van der Waals surface area contributed by atoms with E-state index in [4.69, 9.17) is 4.74 Å². The second-order valence-corrected chi connectivity index (χ2v) is 5.48. The Morgan fingerprint density at radius 1 is 1.00 bits per heavy atom. The first-order chi connectivity index (χ1) is 8.16. The van der Waals surface area contributed by atoms with Crippen LogP contribution in [0.1, 0.15) is 66.2 Å². The molecule has 0 amide bonds. The lowest BCUT2D eigenvalue weighted by Crippen LogP contribution is -2.28. The fraction of sp³-hybridized carbons (Fsp3) is 1.00. The zero-order valence-electron chi connectivity index (χ0n) is 12.4. The van der Waals surface area contributed by atoms with Crippen molar-refractivity contribution in [1.29, 1.82) is 0 Å². The maximum absolute atomic E-state index is 5.77. The Morgan fingerprint density at radius 2 is 1.71 bits per heavy atom. The van der Waals surface area contributed by atoms with Gasteiger partial charge in [0.2, 0.25) is 0 Å². The quantitative estimate of drug-likeness (QED) is 0.523. The molecule has 0 aliphatic carbocycles. The van der Waals surface area contributed by atoms with Crippen LogP contribution in [0.25, 0.3) is 0 Å². The van der Waals surface area contributed by atoms with Crippen LogP contribution in [0.4, 0.5) is 0 Å². The highest BCUT2D eigenvalue weighted by Crippen LogP contribution is 2.03. The van der Waals surface area contributed by atoms with E-state index in [0.29, 0.717) is 6.10 Å². The number of nitrogens with one attached hydrogen (secondary N) is 1. The first-order valence-electron chi connectivity index (χ1n) is 7.49. The summed E-state index contributed by atoms with van der Waals surface area (Å²) in [5, 5.41) is 3.45. The molecule has 2 nitrogen and oxygen atoms in total. The minimum absolute atomic E-state index is 0.355. The predicted octanol–water partition coefficient (Wildman–Crippen LogP) is 4.00. The van der Waals surface area contributed by atoms with E-state index < -0.39 is 0 Å². The Hall–Kier alpha value is -0.0800. The molecule has 17 heavy (non-hydrogen) atoms. The van der Waals surface area contributed by atoms with Gasteiger partial charge in [0.25, 0.3) is 0 Å². The second-order valence-electron chi connectivity index (χ2n) is 5.48. The van der Waals surface area contributed by atoms with E-state index in [1.165, 1.54) is 38.5 Å². The Kier molecular flexibility index (Phi) is 12.3. The van der Waals surface area contributed by atoms with Gasteiger partial charge in [-0.05, 0) is 32.2 Å². The lowest BCUT2D eigenvalue weighted by molar-refractivity contribution is 0.0630. The van der Waals surface area contributed by atoms with Crippen molar-refractivity contribution < 1.29 is 4.74 Å². The van der Waals surface area contributed by atoms with E-state index in [9.17, 15) is 0 Å². The Balaban J connectivity index is 3.14. The van der Waals surface area contributed by atoms with Crippen LogP contribution in [0.2, 0.25) is 0 Å². The van der Waals surface area contributed by atoms with E-state index in [2.05, 4.69) is 33.0 Å². The van der Waals surface area contributed by atoms with Crippen molar-refractivity contribution in [3.63, 3.8) is 0 Å². The van der Waals surface area contributed by atoms with E-state index in [1.807, 2.05) is 0 Å². The van der Waals surface area contributed by atoms with E-state index in [1.54, 1.807) is 0 Å². The summed E-state index contributed by atoms with van der Waals surface area (Å²) in [7, 11) is 0. The van der Waals surface area contributed by atoms with Gasteiger partial charge in [0, 0.05) is 13.2 Å². The molecule has 0 aromatic carbocycles. The van der Waals surface area contributed by atoms with Gasteiger partial charge in [0.05, 0.1) is 6.10 Å². The van der Waals surface area contributed by atoms with Crippen molar-refractivity contribution in [2.24, 2.45) is 5.92 Å². The molecule has 0 aromatic heterocycles. The van der Waals surface area contributed by atoms with Gasteiger partial charge < -0.3 is 10.1 Å². The van der Waals surface area contributed by atoms with Gasteiger partial charge in [-0.25, -0.2) is 0 Å². The molecular formula is C15H33NO. The standard InChI is InChI=1S/C15H33NO/c1-5-6-7-8-9-12-17-15(4)13-16-11-10-14(2)3/h14-16H,5-13H2,1-4H3. The molecule has 0 heterocycles. The molecule has 0 saturated heterocycles. The van der Waals surface area contributed by atoms with Gasteiger partial charge in [-0.1, -0.05) is 46.5 Å². The van der Waals surface area contributed by atoms with Crippen molar-refractivity contribution in [3.05, 3.63) is 0 Å². The molecule has 1 N–H and O–H groups in total. The minimum Gasteiger partial charge on any atom is -0.377 e. The number of ether oxygens (including phenoxy) is 1. The fourth-order valence-electron chi connectivity index (χ4n) is 1.75. The summed E-state index contributed by atoms with van der Waals surface area (Å²) in [6, 6.07) is 0. The van der Waals surface area contributed by atoms with Crippen LogP contribution in [-0.4, -0.2) is 25.8 Å². The van der Waals surface area contributed by atoms with E-state index in [-0.39, 0.29) is 0 Å². The van der Waals surface area contributed by atoms with Gasteiger partial charge in [0.1, 0.15) is 0 Å². The van der Waals surface area contributed by atoms with Crippen molar-refractivity contribution in [2.45, 2.75) is 72.3 Å². The average molecular weight is 243 g/mol. The molecule has 104 valence electrons. The van der Waals surface area contributed by atoms with Crippen LogP contribution in [0.5, 0.6) is 0 Å². The molecule has 0 aliphatic rings. The third kappa shape index (κ3) is 13.9. The Labute approximate surface area is 109 Å². The summed E-state index contributed by atoms with van der Waals surface area (Å²) in [4.78, 5) is 0. The lowest BCUT2D eigenvalue weighted by atomic mass is 10.1. The summed E-state index contributed by atoms with van der Waals surface area (Å²) < 4.78 is 5.77. The molecular weight excluding hydrogens is 210 g/mol. The monoisotopic (exact) mass is 243 g/mol. The first-order valence-corrected chi connectivity index (χ1v) is 7.49. The van der Waals surface area contributed by atoms with Crippen LogP contribution in [-0.2, 0) is 4.74 Å². The molecule has 0 rings (SSSR count). The topological polar surface area (TPSA) is 21.3 Å². The summed E-state index contributed by atoms with van der Waals surface area (Å²) in [6.45, 7) is 12.0. The Bertz CT molecular complexity index is 148. The first kappa shape index (κ1) is 16.9. The van der Waals surface area contributed by atoms with Gasteiger partial charge in [-0.3, -0.25) is 0 Å². The summed E-state index contributed by atoms with van der Waals surface area (Å²) in [6.07, 6.45) is 8.19. The van der Waals surface area contributed by atoms with Crippen LogP contribution in [0, 0.1) is 5.92 Å². The molecule has 0 saturated carbocycles. The highest BCUT2D eigenvalue weighted by molar-refractivity contribution is 4.57. The molecule has 2 heteroatoms. The van der Waals surface area contributed by atoms with Crippen LogP contribution >= 0.6 is 0 Å². The highest BCUT2D eigenvalue weighted by atomic mass is 16.5. The fourth-order valence-corrected chi connectivity index (χ4v) is 1.75. The molecule has 0 aromatic rings.